The second-order valence-corrected chi connectivity index (χ2v) is 8.46. The first-order valence-electron chi connectivity index (χ1n) is 10.1. The van der Waals surface area contributed by atoms with Gasteiger partial charge in [0, 0.05) is 48.1 Å². The van der Waals surface area contributed by atoms with Crippen LogP contribution in [0.4, 0.5) is 5.69 Å². The normalized spacial score (nSPS) is 14.1. The Labute approximate surface area is 177 Å². The summed E-state index contributed by atoms with van der Waals surface area (Å²) in [5, 5.41) is 0. The maximum absolute atomic E-state index is 12.9. The van der Waals surface area contributed by atoms with E-state index in [0.29, 0.717) is 0 Å². The summed E-state index contributed by atoms with van der Waals surface area (Å²) in [5.74, 6) is 1.04. The smallest absolute Gasteiger partial charge is 0.253 e. The summed E-state index contributed by atoms with van der Waals surface area (Å²) in [6, 6.07) is 27.1. The molecule has 0 aliphatic carbocycles. The quantitative estimate of drug-likeness (QED) is 0.545. The van der Waals surface area contributed by atoms with Gasteiger partial charge in [-0.25, -0.2) is 0 Å². The lowest BCUT2D eigenvalue weighted by atomic mass is 10.1. The SMILES string of the molecule is Cc1ccc(SCc2ccc(C(=O)N3CCN(c4ccccc4)CC3)cc2)cc1. The standard InChI is InChI=1S/C25H26N2OS/c1-20-7-13-24(14-8-20)29-19-21-9-11-22(12-10-21)25(28)27-17-15-26(16-18-27)23-5-3-2-4-6-23/h2-14H,15-19H2,1H3. The number of para-hydroxylation sites is 1. The van der Waals surface area contributed by atoms with Crippen LogP contribution in [0.25, 0.3) is 0 Å². The Morgan fingerprint density at radius 1 is 0.828 bits per heavy atom. The maximum atomic E-state index is 12.9. The number of anilines is 1. The second-order valence-electron chi connectivity index (χ2n) is 7.41. The van der Waals surface area contributed by atoms with Crippen LogP contribution in [-0.4, -0.2) is 37.0 Å². The van der Waals surface area contributed by atoms with Crippen molar-refractivity contribution in [3.63, 3.8) is 0 Å². The van der Waals surface area contributed by atoms with Gasteiger partial charge in [0.1, 0.15) is 0 Å². The highest BCUT2D eigenvalue weighted by molar-refractivity contribution is 7.98. The maximum Gasteiger partial charge on any atom is 0.253 e. The number of hydrogen-bond donors (Lipinski definition) is 0. The van der Waals surface area contributed by atoms with E-state index in [0.717, 1.165) is 37.5 Å². The first kappa shape index (κ1) is 19.6. The third-order valence-corrected chi connectivity index (χ3v) is 6.40. The Morgan fingerprint density at radius 2 is 1.48 bits per heavy atom. The molecule has 0 saturated carbocycles. The molecule has 1 aliphatic rings. The van der Waals surface area contributed by atoms with Crippen molar-refractivity contribution in [1.29, 1.82) is 0 Å². The number of thioether (sulfide) groups is 1. The molecule has 1 aliphatic heterocycles. The number of hydrogen-bond acceptors (Lipinski definition) is 3. The Balaban J connectivity index is 1.31. The highest BCUT2D eigenvalue weighted by Crippen LogP contribution is 2.23. The molecule has 0 radical (unpaired) electrons. The first-order chi connectivity index (χ1) is 14.2. The van der Waals surface area contributed by atoms with Crippen LogP contribution in [0.3, 0.4) is 0 Å². The van der Waals surface area contributed by atoms with E-state index < -0.39 is 0 Å². The van der Waals surface area contributed by atoms with Crippen LogP contribution in [0, 0.1) is 6.92 Å². The molecule has 0 aromatic heterocycles. The fraction of sp³-hybridized carbons (Fsp3) is 0.240. The van der Waals surface area contributed by atoms with Crippen molar-refractivity contribution >= 4 is 23.4 Å². The predicted octanol–water partition coefficient (Wildman–Crippen LogP) is 5.25. The Kier molecular flexibility index (Phi) is 6.20. The fourth-order valence-electron chi connectivity index (χ4n) is 3.53. The molecule has 1 amide bonds. The Morgan fingerprint density at radius 3 is 2.14 bits per heavy atom. The van der Waals surface area contributed by atoms with E-state index in [2.05, 4.69) is 72.5 Å². The third kappa shape index (κ3) is 5.01. The highest BCUT2D eigenvalue weighted by atomic mass is 32.2. The lowest BCUT2D eigenvalue weighted by Crippen LogP contribution is -2.48. The van der Waals surface area contributed by atoms with Crippen molar-refractivity contribution in [2.24, 2.45) is 0 Å². The number of carbonyl (C=O) groups excluding carboxylic acids is 1. The molecule has 0 unspecified atom stereocenters. The number of piperazine rings is 1. The van der Waals surface area contributed by atoms with E-state index in [4.69, 9.17) is 0 Å². The number of aryl methyl sites for hydroxylation is 1. The van der Waals surface area contributed by atoms with Crippen molar-refractivity contribution < 1.29 is 4.79 Å². The summed E-state index contributed by atoms with van der Waals surface area (Å²) in [4.78, 5) is 18.4. The fourth-order valence-corrected chi connectivity index (χ4v) is 4.39. The van der Waals surface area contributed by atoms with Crippen molar-refractivity contribution in [2.75, 3.05) is 31.1 Å². The van der Waals surface area contributed by atoms with Crippen LogP contribution in [0.2, 0.25) is 0 Å². The molecule has 148 valence electrons. The number of carbonyl (C=O) groups is 1. The van der Waals surface area contributed by atoms with Gasteiger partial charge < -0.3 is 9.80 Å². The molecule has 3 nitrogen and oxygen atoms in total. The third-order valence-electron chi connectivity index (χ3n) is 5.32. The van der Waals surface area contributed by atoms with E-state index in [9.17, 15) is 4.79 Å². The summed E-state index contributed by atoms with van der Waals surface area (Å²) >= 11 is 1.82. The van der Waals surface area contributed by atoms with Crippen molar-refractivity contribution in [3.8, 4) is 0 Å². The van der Waals surface area contributed by atoms with Gasteiger partial charge in [-0.1, -0.05) is 48.0 Å². The lowest BCUT2D eigenvalue weighted by Gasteiger charge is -2.36. The molecular weight excluding hydrogens is 376 g/mol. The number of rotatable bonds is 5. The molecule has 0 atom stereocenters. The molecule has 0 spiro atoms. The van der Waals surface area contributed by atoms with Crippen molar-refractivity contribution in [1.82, 2.24) is 4.90 Å². The van der Waals surface area contributed by atoms with Gasteiger partial charge in [0.15, 0.2) is 0 Å². The van der Waals surface area contributed by atoms with E-state index >= 15 is 0 Å². The minimum atomic E-state index is 0.135. The largest absolute Gasteiger partial charge is 0.368 e. The van der Waals surface area contributed by atoms with Crippen molar-refractivity contribution in [2.45, 2.75) is 17.6 Å². The van der Waals surface area contributed by atoms with Crippen LogP contribution in [0.15, 0.2) is 83.8 Å². The van der Waals surface area contributed by atoms with Gasteiger partial charge in [0.05, 0.1) is 0 Å². The van der Waals surface area contributed by atoms with Gasteiger partial charge in [0.2, 0.25) is 0 Å². The summed E-state index contributed by atoms with van der Waals surface area (Å²) in [6.07, 6.45) is 0. The molecule has 1 saturated heterocycles. The van der Waals surface area contributed by atoms with Gasteiger partial charge in [0.25, 0.3) is 5.91 Å². The zero-order chi connectivity index (χ0) is 20.1. The first-order valence-corrected chi connectivity index (χ1v) is 11.1. The van der Waals surface area contributed by atoms with Gasteiger partial charge in [-0.3, -0.25) is 4.79 Å². The van der Waals surface area contributed by atoms with E-state index in [1.807, 2.05) is 34.9 Å². The zero-order valence-corrected chi connectivity index (χ0v) is 17.6. The summed E-state index contributed by atoms with van der Waals surface area (Å²) in [7, 11) is 0. The Bertz CT molecular complexity index is 931. The molecule has 0 bridgehead atoms. The lowest BCUT2D eigenvalue weighted by molar-refractivity contribution is 0.0747. The average Bonchev–Trinajstić information content (AvgIpc) is 2.79. The highest BCUT2D eigenvalue weighted by Gasteiger charge is 2.22. The molecule has 1 heterocycles. The van der Waals surface area contributed by atoms with E-state index in [1.54, 1.807) is 0 Å². The van der Waals surface area contributed by atoms with Gasteiger partial charge in [-0.2, -0.15) is 0 Å². The molecule has 3 aromatic carbocycles. The number of benzene rings is 3. The average molecular weight is 403 g/mol. The van der Waals surface area contributed by atoms with E-state index in [-0.39, 0.29) is 5.91 Å². The minimum Gasteiger partial charge on any atom is -0.368 e. The molecule has 3 aromatic rings. The monoisotopic (exact) mass is 402 g/mol. The predicted molar refractivity (Wildman–Crippen MR) is 122 cm³/mol. The van der Waals surface area contributed by atoms with Crippen LogP contribution >= 0.6 is 11.8 Å². The summed E-state index contributed by atoms with van der Waals surface area (Å²) in [6.45, 7) is 5.38. The minimum absolute atomic E-state index is 0.135. The van der Waals surface area contributed by atoms with Gasteiger partial charge in [-0.15, -0.1) is 11.8 Å². The topological polar surface area (TPSA) is 23.6 Å². The van der Waals surface area contributed by atoms with Crippen LogP contribution in [-0.2, 0) is 5.75 Å². The molecule has 4 heteroatoms. The summed E-state index contributed by atoms with van der Waals surface area (Å²) < 4.78 is 0. The van der Waals surface area contributed by atoms with Crippen LogP contribution < -0.4 is 4.90 Å². The van der Waals surface area contributed by atoms with E-state index in [1.165, 1.54) is 21.7 Å². The molecule has 29 heavy (non-hydrogen) atoms. The molecular formula is C25H26N2OS. The summed E-state index contributed by atoms with van der Waals surface area (Å²) in [5.41, 5.74) is 4.53. The van der Waals surface area contributed by atoms with Crippen LogP contribution in [0.5, 0.6) is 0 Å². The molecule has 1 fully saturated rings. The second kappa shape index (κ2) is 9.19. The number of nitrogens with zero attached hydrogens (tertiary/aromatic N) is 2. The Hall–Kier alpha value is -2.72. The number of amides is 1. The molecule has 4 rings (SSSR count). The van der Waals surface area contributed by atoms with Gasteiger partial charge in [-0.05, 0) is 48.9 Å². The van der Waals surface area contributed by atoms with Gasteiger partial charge >= 0.3 is 0 Å². The van der Waals surface area contributed by atoms with Crippen molar-refractivity contribution in [3.05, 3.63) is 95.6 Å². The van der Waals surface area contributed by atoms with Crippen LogP contribution in [0.1, 0.15) is 21.5 Å². The molecule has 0 N–H and O–H groups in total. The zero-order valence-electron chi connectivity index (χ0n) is 16.8.